The van der Waals surface area contributed by atoms with E-state index < -0.39 is 0 Å². The molecule has 9 aromatic rings. The lowest BCUT2D eigenvalue weighted by Gasteiger charge is -2.33. The molecule has 2 aromatic heterocycles. The molecule has 282 valence electrons. The van der Waals surface area contributed by atoms with Crippen molar-refractivity contribution in [1.29, 1.82) is 0 Å². The second kappa shape index (κ2) is 14.1. The number of hydrogen-bond acceptors (Lipinski definition) is 4. The zero-order chi connectivity index (χ0) is 39.4. The smallest absolute Gasteiger partial charge is 0.137 e. The number of para-hydroxylation sites is 3. The summed E-state index contributed by atoms with van der Waals surface area (Å²) in [7, 11) is 2.18. The third-order valence-electron chi connectivity index (χ3n) is 11.4. The number of rotatable bonds is 4. The highest BCUT2D eigenvalue weighted by Gasteiger charge is 2.24. The van der Waals surface area contributed by atoms with Crippen LogP contribution in [-0.4, -0.2) is 23.3 Å². The maximum Gasteiger partial charge on any atom is 0.137 e. The van der Waals surface area contributed by atoms with E-state index in [1.165, 1.54) is 44.3 Å². The van der Waals surface area contributed by atoms with Crippen LogP contribution in [0.3, 0.4) is 0 Å². The number of nitrogens with zero attached hydrogens (tertiary/aromatic N) is 4. The van der Waals surface area contributed by atoms with E-state index in [1.54, 1.807) is 0 Å². The molecule has 0 saturated heterocycles. The third-order valence-corrected chi connectivity index (χ3v) is 11.4. The summed E-state index contributed by atoms with van der Waals surface area (Å²) in [6.07, 6.45) is 1.92. The molecule has 10 rings (SSSR count). The van der Waals surface area contributed by atoms with Gasteiger partial charge in [0, 0.05) is 58.7 Å². The molecule has 0 spiro atoms. The van der Waals surface area contributed by atoms with Gasteiger partial charge in [0.05, 0.1) is 23.4 Å². The first-order chi connectivity index (χ1) is 28.3. The summed E-state index contributed by atoms with van der Waals surface area (Å²) in [6, 6.07) is 62.8. The minimum atomic E-state index is -0.00705. The lowest BCUT2D eigenvalue weighted by Crippen LogP contribution is -2.33. The van der Waals surface area contributed by atoms with Crippen LogP contribution in [0.4, 0.5) is 17.1 Å². The van der Waals surface area contributed by atoms with E-state index in [1.807, 2.05) is 12.3 Å². The fraction of sp³-hybridized carbons (Fsp3) is 0.113. The molecule has 5 nitrogen and oxygen atoms in total. The van der Waals surface area contributed by atoms with Crippen LogP contribution in [0.5, 0.6) is 11.5 Å². The molecule has 0 fully saturated rings. The standard InChI is InChI=1S/C53H44N4O/c1-53(2,3)36-30-31-54-52(32-36)57-50-27-14-11-24-46(50)47-29-28-39(34-51(47)57)58-38-17-15-16-37(33-38)56-35-55(4)48-25-12-9-22-44(48)42-20-7-5-18-40(42)41-19-6-8-21-43(41)45-23-10-13-26-49(45)56/h5-34H,35H2,1-4H3. The van der Waals surface area contributed by atoms with Gasteiger partial charge in [0.1, 0.15) is 17.3 Å². The van der Waals surface area contributed by atoms with Gasteiger partial charge in [-0.15, -0.1) is 0 Å². The molecule has 0 amide bonds. The Balaban J connectivity index is 1.09. The summed E-state index contributed by atoms with van der Waals surface area (Å²) in [5.41, 5.74) is 13.9. The van der Waals surface area contributed by atoms with Gasteiger partial charge in [-0.05, 0) is 87.8 Å². The van der Waals surface area contributed by atoms with Crippen LogP contribution in [0.15, 0.2) is 182 Å². The molecule has 7 aromatic carbocycles. The number of aromatic nitrogens is 2. The summed E-state index contributed by atoms with van der Waals surface area (Å²) in [5.74, 6) is 2.41. The van der Waals surface area contributed by atoms with Crippen molar-refractivity contribution in [3.05, 3.63) is 188 Å². The second-order valence-corrected chi connectivity index (χ2v) is 16.2. The fourth-order valence-corrected chi connectivity index (χ4v) is 8.58. The molecule has 1 aliphatic heterocycles. The Morgan fingerprint density at radius 1 is 0.500 bits per heavy atom. The van der Waals surface area contributed by atoms with Crippen molar-refractivity contribution in [2.24, 2.45) is 0 Å². The summed E-state index contributed by atoms with van der Waals surface area (Å²) in [6.45, 7) is 7.32. The highest BCUT2D eigenvalue weighted by atomic mass is 16.5. The number of ether oxygens (including phenoxy) is 1. The fourth-order valence-electron chi connectivity index (χ4n) is 8.58. The molecule has 1 aliphatic rings. The topological polar surface area (TPSA) is 33.5 Å². The Bertz CT molecular complexity index is 2990. The summed E-state index contributed by atoms with van der Waals surface area (Å²) in [4.78, 5) is 9.64. The van der Waals surface area contributed by atoms with Gasteiger partial charge in [-0.2, -0.15) is 0 Å². The van der Waals surface area contributed by atoms with Crippen molar-refractivity contribution in [2.45, 2.75) is 26.2 Å². The van der Waals surface area contributed by atoms with Crippen LogP contribution >= 0.6 is 0 Å². The van der Waals surface area contributed by atoms with Crippen molar-refractivity contribution in [3.63, 3.8) is 0 Å². The Morgan fingerprint density at radius 2 is 1.07 bits per heavy atom. The Labute approximate surface area is 340 Å². The molecule has 0 N–H and O–H groups in total. The second-order valence-electron chi connectivity index (χ2n) is 16.2. The predicted molar refractivity (Wildman–Crippen MR) is 242 cm³/mol. The molecule has 58 heavy (non-hydrogen) atoms. The van der Waals surface area contributed by atoms with Crippen LogP contribution in [-0.2, 0) is 5.41 Å². The Hall–Kier alpha value is -7.11. The zero-order valence-electron chi connectivity index (χ0n) is 33.2. The summed E-state index contributed by atoms with van der Waals surface area (Å²) >= 11 is 0. The summed E-state index contributed by atoms with van der Waals surface area (Å²) in [5, 5.41) is 2.34. The molecule has 3 heterocycles. The maximum absolute atomic E-state index is 6.80. The SMILES string of the molecule is CN1CN(c2cccc(Oc3ccc4c5ccccc5n(-c5cc(C(C)(C)C)ccn5)c4c3)c2)c2ccccc2-c2ccccc2-c2ccccc2-c2ccccc21. The minimum Gasteiger partial charge on any atom is -0.457 e. The first-order valence-electron chi connectivity index (χ1n) is 20.0. The molecule has 0 aliphatic carbocycles. The first kappa shape index (κ1) is 35.3. The van der Waals surface area contributed by atoms with Crippen LogP contribution in [0.25, 0.3) is 61.0 Å². The van der Waals surface area contributed by atoms with Crippen molar-refractivity contribution in [2.75, 3.05) is 23.5 Å². The average molecular weight is 753 g/mol. The predicted octanol–water partition coefficient (Wildman–Crippen LogP) is 13.8. The van der Waals surface area contributed by atoms with E-state index in [0.29, 0.717) is 6.67 Å². The van der Waals surface area contributed by atoms with Crippen LogP contribution < -0.4 is 14.5 Å². The Kier molecular flexibility index (Phi) is 8.60. The number of benzene rings is 7. The zero-order valence-corrected chi connectivity index (χ0v) is 33.2. The quantitative estimate of drug-likeness (QED) is 0.179. The number of fused-ring (bicyclic) bond motifs is 10. The van der Waals surface area contributed by atoms with Gasteiger partial charge in [-0.25, -0.2) is 4.98 Å². The number of pyridine rings is 1. The normalized spacial score (nSPS) is 12.7. The van der Waals surface area contributed by atoms with Crippen LogP contribution in [0.2, 0.25) is 0 Å². The van der Waals surface area contributed by atoms with E-state index in [2.05, 4.69) is 212 Å². The van der Waals surface area contributed by atoms with Crippen molar-refractivity contribution < 1.29 is 4.74 Å². The van der Waals surface area contributed by atoms with Gasteiger partial charge in [0.25, 0.3) is 0 Å². The van der Waals surface area contributed by atoms with Gasteiger partial charge < -0.3 is 14.5 Å². The van der Waals surface area contributed by atoms with E-state index in [4.69, 9.17) is 9.72 Å². The summed E-state index contributed by atoms with van der Waals surface area (Å²) < 4.78 is 9.06. The molecule has 0 bridgehead atoms. The van der Waals surface area contributed by atoms with Gasteiger partial charge in [0.2, 0.25) is 0 Å². The lowest BCUT2D eigenvalue weighted by molar-refractivity contribution is 0.483. The highest BCUT2D eigenvalue weighted by Crippen LogP contribution is 2.46. The van der Waals surface area contributed by atoms with Gasteiger partial charge in [0.15, 0.2) is 0 Å². The molecule has 0 saturated carbocycles. The average Bonchev–Trinajstić information content (AvgIpc) is 3.58. The maximum atomic E-state index is 6.80. The first-order valence-corrected chi connectivity index (χ1v) is 20.0. The Morgan fingerprint density at radius 3 is 1.78 bits per heavy atom. The van der Waals surface area contributed by atoms with Gasteiger partial charge in [-0.1, -0.05) is 130 Å². The third kappa shape index (κ3) is 6.16. The van der Waals surface area contributed by atoms with Gasteiger partial charge in [-0.3, -0.25) is 4.57 Å². The van der Waals surface area contributed by atoms with Crippen LogP contribution in [0, 0.1) is 0 Å². The van der Waals surface area contributed by atoms with E-state index in [0.717, 1.165) is 50.8 Å². The van der Waals surface area contributed by atoms with E-state index in [9.17, 15) is 0 Å². The van der Waals surface area contributed by atoms with Gasteiger partial charge >= 0.3 is 0 Å². The molecule has 0 atom stereocenters. The monoisotopic (exact) mass is 752 g/mol. The lowest BCUT2D eigenvalue weighted by atomic mass is 9.88. The highest BCUT2D eigenvalue weighted by molar-refractivity contribution is 6.09. The van der Waals surface area contributed by atoms with Crippen molar-refractivity contribution in [3.8, 4) is 50.7 Å². The van der Waals surface area contributed by atoms with Crippen molar-refractivity contribution in [1.82, 2.24) is 9.55 Å². The molecule has 0 radical (unpaired) electrons. The molecule has 5 heteroatoms. The molecular formula is C53H44N4O. The largest absolute Gasteiger partial charge is 0.457 e. The molecular weight excluding hydrogens is 709 g/mol. The van der Waals surface area contributed by atoms with Crippen molar-refractivity contribution >= 4 is 38.9 Å². The van der Waals surface area contributed by atoms with Crippen LogP contribution in [0.1, 0.15) is 26.3 Å². The molecule has 0 unspecified atom stereocenters. The van der Waals surface area contributed by atoms with E-state index >= 15 is 0 Å². The number of hydrogen-bond donors (Lipinski definition) is 0. The number of anilines is 3. The van der Waals surface area contributed by atoms with E-state index in [-0.39, 0.29) is 5.41 Å². The minimum absolute atomic E-state index is 0.00705.